The summed E-state index contributed by atoms with van der Waals surface area (Å²) < 4.78 is 10.6. The highest BCUT2D eigenvalue weighted by molar-refractivity contribution is 5.79. The molecule has 1 heterocycles. The Bertz CT molecular complexity index is 545. The van der Waals surface area contributed by atoms with Crippen LogP contribution in [0.25, 0.3) is 0 Å². The molecule has 1 aromatic rings. The molecule has 1 atom stereocenters. The number of aliphatic carboxylic acids is 1. The molecule has 0 bridgehead atoms. The molecule has 1 saturated heterocycles. The molecule has 1 aromatic carbocycles. The first-order valence-electron chi connectivity index (χ1n) is 6.68. The van der Waals surface area contributed by atoms with Gasteiger partial charge in [-0.3, -0.25) is 9.59 Å². The summed E-state index contributed by atoms with van der Waals surface area (Å²) in [6.07, 6.45) is -0.130. The second-order valence-corrected chi connectivity index (χ2v) is 5.41. The number of benzene rings is 1. The average molecular weight is 293 g/mol. The Morgan fingerprint density at radius 3 is 2.95 bits per heavy atom. The van der Waals surface area contributed by atoms with Gasteiger partial charge in [0.05, 0.1) is 25.7 Å². The fourth-order valence-electron chi connectivity index (χ4n) is 2.43. The molecule has 0 spiro atoms. The van der Waals surface area contributed by atoms with Crippen LogP contribution >= 0.6 is 0 Å². The maximum absolute atomic E-state index is 11.9. The molecule has 0 aromatic heterocycles. The van der Waals surface area contributed by atoms with Crippen LogP contribution in [-0.2, 0) is 20.9 Å². The van der Waals surface area contributed by atoms with E-state index in [2.05, 4.69) is 0 Å². The van der Waals surface area contributed by atoms with Gasteiger partial charge in [0.1, 0.15) is 12.4 Å². The zero-order valence-corrected chi connectivity index (χ0v) is 12.2. The molecule has 2 rings (SSSR count). The maximum Gasteiger partial charge on any atom is 0.306 e. The predicted molar refractivity (Wildman–Crippen MR) is 75.0 cm³/mol. The second-order valence-electron chi connectivity index (χ2n) is 5.41. The van der Waals surface area contributed by atoms with E-state index in [1.807, 2.05) is 24.3 Å². The molecule has 0 saturated carbocycles. The lowest BCUT2D eigenvalue weighted by Crippen LogP contribution is -2.53. The van der Waals surface area contributed by atoms with Crippen molar-refractivity contribution in [2.45, 2.75) is 25.5 Å². The molecule has 6 nitrogen and oxygen atoms in total. The van der Waals surface area contributed by atoms with Crippen LogP contribution in [0.15, 0.2) is 24.3 Å². The Balaban J connectivity index is 2.09. The highest BCUT2D eigenvalue weighted by Crippen LogP contribution is 2.24. The van der Waals surface area contributed by atoms with Crippen LogP contribution in [0.2, 0.25) is 0 Å². The Kier molecular flexibility index (Phi) is 4.47. The monoisotopic (exact) mass is 293 g/mol. The van der Waals surface area contributed by atoms with Crippen LogP contribution in [-0.4, -0.2) is 47.7 Å². The van der Waals surface area contributed by atoms with E-state index in [9.17, 15) is 9.59 Å². The quantitative estimate of drug-likeness (QED) is 0.885. The lowest BCUT2D eigenvalue weighted by Gasteiger charge is -2.39. The van der Waals surface area contributed by atoms with Gasteiger partial charge < -0.3 is 19.5 Å². The Morgan fingerprint density at radius 1 is 1.52 bits per heavy atom. The van der Waals surface area contributed by atoms with E-state index in [-0.39, 0.29) is 25.5 Å². The third kappa shape index (κ3) is 3.95. The summed E-state index contributed by atoms with van der Waals surface area (Å²) in [5, 5.41) is 8.94. The van der Waals surface area contributed by atoms with E-state index >= 15 is 0 Å². The lowest BCUT2D eigenvalue weighted by atomic mass is 9.99. The number of rotatable bonds is 5. The van der Waals surface area contributed by atoms with Crippen molar-refractivity contribution in [2.24, 2.45) is 0 Å². The number of morpholine rings is 1. The van der Waals surface area contributed by atoms with E-state index in [1.165, 1.54) is 0 Å². The van der Waals surface area contributed by atoms with Gasteiger partial charge in [0.2, 0.25) is 5.91 Å². The van der Waals surface area contributed by atoms with Crippen molar-refractivity contribution in [2.75, 3.05) is 20.3 Å². The van der Waals surface area contributed by atoms with Crippen molar-refractivity contribution in [3.8, 4) is 5.75 Å². The number of carbonyl (C=O) groups excluding carboxylic acids is 1. The molecule has 0 aliphatic carbocycles. The maximum atomic E-state index is 11.9. The van der Waals surface area contributed by atoms with Gasteiger partial charge in [-0.1, -0.05) is 12.1 Å². The van der Waals surface area contributed by atoms with E-state index in [0.717, 1.165) is 11.3 Å². The average Bonchev–Trinajstić information content (AvgIpc) is 2.42. The Labute approximate surface area is 123 Å². The summed E-state index contributed by atoms with van der Waals surface area (Å²) in [5.41, 5.74) is 0.0841. The molecule has 21 heavy (non-hydrogen) atoms. The first kappa shape index (κ1) is 15.3. The van der Waals surface area contributed by atoms with Gasteiger partial charge in [-0.2, -0.15) is 0 Å². The van der Waals surface area contributed by atoms with Gasteiger partial charge in [0, 0.05) is 6.54 Å². The first-order valence-corrected chi connectivity index (χ1v) is 6.68. The highest BCUT2D eigenvalue weighted by Gasteiger charge is 2.37. The SMILES string of the molecule is COc1cccc(CN2CC(C)(CC(=O)O)OCC2=O)c1. The Morgan fingerprint density at radius 2 is 2.29 bits per heavy atom. The number of carbonyl (C=O) groups is 2. The van der Waals surface area contributed by atoms with Crippen molar-refractivity contribution in [1.29, 1.82) is 0 Å². The molecule has 1 aliphatic heterocycles. The van der Waals surface area contributed by atoms with E-state index in [0.29, 0.717) is 6.54 Å². The van der Waals surface area contributed by atoms with Crippen molar-refractivity contribution < 1.29 is 24.2 Å². The van der Waals surface area contributed by atoms with Crippen molar-refractivity contribution >= 4 is 11.9 Å². The number of nitrogens with zero attached hydrogens (tertiary/aromatic N) is 1. The van der Waals surface area contributed by atoms with Crippen LogP contribution < -0.4 is 4.74 Å². The zero-order valence-electron chi connectivity index (χ0n) is 12.2. The lowest BCUT2D eigenvalue weighted by molar-refractivity contribution is -0.169. The third-order valence-corrected chi connectivity index (χ3v) is 3.45. The largest absolute Gasteiger partial charge is 0.497 e. The summed E-state index contributed by atoms with van der Waals surface area (Å²) in [4.78, 5) is 24.5. The van der Waals surface area contributed by atoms with Crippen LogP contribution in [0, 0.1) is 0 Å². The van der Waals surface area contributed by atoms with Gasteiger partial charge >= 0.3 is 5.97 Å². The van der Waals surface area contributed by atoms with Gasteiger partial charge in [0.15, 0.2) is 0 Å². The zero-order chi connectivity index (χ0) is 15.5. The van der Waals surface area contributed by atoms with Gasteiger partial charge in [-0.15, -0.1) is 0 Å². The number of carboxylic acid groups (broad SMARTS) is 1. The van der Waals surface area contributed by atoms with Crippen LogP contribution in [0.5, 0.6) is 5.75 Å². The fraction of sp³-hybridized carbons (Fsp3) is 0.467. The smallest absolute Gasteiger partial charge is 0.306 e. The molecule has 1 amide bonds. The molecule has 6 heteroatoms. The van der Waals surface area contributed by atoms with Crippen molar-refractivity contribution in [1.82, 2.24) is 4.90 Å². The normalized spacial score (nSPS) is 22.2. The van der Waals surface area contributed by atoms with E-state index in [1.54, 1.807) is 18.9 Å². The number of ether oxygens (including phenoxy) is 2. The number of methoxy groups -OCH3 is 1. The minimum Gasteiger partial charge on any atom is -0.497 e. The topological polar surface area (TPSA) is 76.1 Å². The van der Waals surface area contributed by atoms with E-state index < -0.39 is 11.6 Å². The molecular weight excluding hydrogens is 274 g/mol. The summed E-state index contributed by atoms with van der Waals surface area (Å²) in [5.74, 6) is -0.352. The van der Waals surface area contributed by atoms with E-state index in [4.69, 9.17) is 14.6 Å². The molecule has 114 valence electrons. The second kappa shape index (κ2) is 6.13. The van der Waals surface area contributed by atoms with Gasteiger partial charge in [-0.25, -0.2) is 0 Å². The summed E-state index contributed by atoms with van der Waals surface area (Å²) in [6.45, 7) is 2.30. The van der Waals surface area contributed by atoms with Crippen LogP contribution in [0.1, 0.15) is 18.9 Å². The summed E-state index contributed by atoms with van der Waals surface area (Å²) in [7, 11) is 1.59. The Hall–Kier alpha value is -2.08. The summed E-state index contributed by atoms with van der Waals surface area (Å²) >= 11 is 0. The minimum absolute atomic E-state index is 0.0895. The number of hydrogen-bond acceptors (Lipinski definition) is 4. The number of hydrogen-bond donors (Lipinski definition) is 1. The standard InChI is InChI=1S/C15H19NO5/c1-15(7-14(18)19)10-16(13(17)9-21-15)8-11-4-3-5-12(6-11)20-2/h3-6H,7-10H2,1-2H3,(H,18,19). The van der Waals surface area contributed by atoms with Crippen LogP contribution in [0.4, 0.5) is 0 Å². The fourth-order valence-corrected chi connectivity index (χ4v) is 2.43. The summed E-state index contributed by atoms with van der Waals surface area (Å²) in [6, 6.07) is 7.45. The predicted octanol–water partition coefficient (Wildman–Crippen LogP) is 1.29. The molecule has 1 aliphatic rings. The number of carboxylic acids is 1. The van der Waals surface area contributed by atoms with Gasteiger partial charge in [-0.05, 0) is 24.6 Å². The molecule has 1 N–H and O–H groups in total. The van der Waals surface area contributed by atoms with Crippen molar-refractivity contribution in [3.05, 3.63) is 29.8 Å². The van der Waals surface area contributed by atoms with Crippen LogP contribution in [0.3, 0.4) is 0 Å². The third-order valence-electron chi connectivity index (χ3n) is 3.45. The number of amides is 1. The molecule has 1 unspecified atom stereocenters. The molecular formula is C15H19NO5. The first-order chi connectivity index (χ1) is 9.92. The van der Waals surface area contributed by atoms with Gasteiger partial charge in [0.25, 0.3) is 0 Å². The minimum atomic E-state index is -0.937. The molecule has 1 fully saturated rings. The highest BCUT2D eigenvalue weighted by atomic mass is 16.5. The van der Waals surface area contributed by atoms with Crippen molar-refractivity contribution in [3.63, 3.8) is 0 Å². The molecule has 0 radical (unpaired) electrons.